The number of nitrogens with zero attached hydrogens (tertiary/aromatic N) is 1. The number of hydrogen-bond acceptors (Lipinski definition) is 3. The molecule has 1 aliphatic carbocycles. The van der Waals surface area contributed by atoms with Crippen LogP contribution in [0.2, 0.25) is 0 Å². The lowest BCUT2D eigenvalue weighted by Gasteiger charge is -2.39. The van der Waals surface area contributed by atoms with Crippen LogP contribution in [0.25, 0.3) is 0 Å². The molecule has 1 spiro atoms. The molecule has 5 nitrogen and oxygen atoms in total. The van der Waals surface area contributed by atoms with Crippen molar-refractivity contribution < 1.29 is 27.5 Å². The lowest BCUT2D eigenvalue weighted by molar-refractivity contribution is -0.174. The van der Waals surface area contributed by atoms with Crippen molar-refractivity contribution in [3.05, 3.63) is 0 Å². The molecule has 0 atom stereocenters. The van der Waals surface area contributed by atoms with E-state index in [1.807, 2.05) is 0 Å². The van der Waals surface area contributed by atoms with E-state index >= 15 is 0 Å². The number of alkyl halides is 3. The highest BCUT2D eigenvalue weighted by Crippen LogP contribution is 2.33. The highest BCUT2D eigenvalue weighted by molar-refractivity contribution is 5.98. The smallest absolute Gasteiger partial charge is 0.372 e. The Bertz CT molecular complexity index is 406. The first-order valence-electron chi connectivity index (χ1n) is 7.07. The minimum absolute atomic E-state index is 0.0279. The van der Waals surface area contributed by atoms with E-state index in [1.54, 1.807) is 0 Å². The number of nitrogens with one attached hydrogen (secondary N) is 1. The molecule has 1 saturated heterocycles. The number of carbonyl (C=O) groups is 2. The largest absolute Gasteiger partial charge is 0.411 e. The van der Waals surface area contributed by atoms with E-state index in [-0.39, 0.29) is 37.9 Å². The summed E-state index contributed by atoms with van der Waals surface area (Å²) in [7, 11) is 0. The second-order valence-corrected chi connectivity index (χ2v) is 5.59. The fraction of sp³-hybridized carbons (Fsp3) is 0.846. The van der Waals surface area contributed by atoms with Crippen LogP contribution in [-0.4, -0.2) is 54.7 Å². The van der Waals surface area contributed by atoms with E-state index in [2.05, 4.69) is 10.1 Å². The molecule has 0 aromatic carbocycles. The average Bonchev–Trinajstić information content (AvgIpc) is 2.82. The Morgan fingerprint density at radius 3 is 2.52 bits per heavy atom. The van der Waals surface area contributed by atoms with Crippen molar-refractivity contribution in [2.45, 2.75) is 43.8 Å². The minimum atomic E-state index is -4.34. The Hall–Kier alpha value is -1.31. The van der Waals surface area contributed by atoms with Gasteiger partial charge in [0, 0.05) is 13.2 Å². The molecule has 1 N–H and O–H groups in total. The van der Waals surface area contributed by atoms with E-state index in [0.717, 1.165) is 12.8 Å². The second kappa shape index (κ2) is 6.21. The summed E-state index contributed by atoms with van der Waals surface area (Å²) in [6, 6.07) is 0. The summed E-state index contributed by atoms with van der Waals surface area (Å²) >= 11 is 0. The molecule has 2 rings (SSSR count). The van der Waals surface area contributed by atoms with Crippen LogP contribution in [0.1, 0.15) is 32.1 Å². The molecule has 1 heterocycles. The van der Waals surface area contributed by atoms with Gasteiger partial charge in [0.05, 0.1) is 6.54 Å². The van der Waals surface area contributed by atoms with Crippen LogP contribution in [0, 0.1) is 0 Å². The van der Waals surface area contributed by atoms with Crippen molar-refractivity contribution >= 4 is 11.8 Å². The summed E-state index contributed by atoms with van der Waals surface area (Å²) in [5.41, 5.74) is -0.776. The second-order valence-electron chi connectivity index (χ2n) is 5.59. The van der Waals surface area contributed by atoms with Crippen LogP contribution in [-0.2, 0) is 14.3 Å². The monoisotopic (exact) mass is 308 g/mol. The van der Waals surface area contributed by atoms with Gasteiger partial charge in [0.2, 0.25) is 11.8 Å². The van der Waals surface area contributed by atoms with E-state index < -0.39 is 18.3 Å². The number of hydrogen-bond donors (Lipinski definition) is 1. The zero-order valence-corrected chi connectivity index (χ0v) is 11.7. The predicted octanol–water partition coefficient (Wildman–Crippen LogP) is 1.23. The molecule has 0 unspecified atom stereocenters. The zero-order valence-electron chi connectivity index (χ0n) is 11.7. The Labute approximate surface area is 120 Å². The van der Waals surface area contributed by atoms with Gasteiger partial charge >= 0.3 is 6.18 Å². The van der Waals surface area contributed by atoms with E-state index in [9.17, 15) is 22.8 Å². The molecule has 8 heteroatoms. The third-order valence-electron chi connectivity index (χ3n) is 3.85. The normalized spacial score (nSPS) is 22.0. The van der Waals surface area contributed by atoms with Gasteiger partial charge in [-0.3, -0.25) is 9.59 Å². The summed E-state index contributed by atoms with van der Waals surface area (Å²) in [5.74, 6) is -0.317. The van der Waals surface area contributed by atoms with Gasteiger partial charge in [0.15, 0.2) is 0 Å². The van der Waals surface area contributed by atoms with E-state index in [4.69, 9.17) is 0 Å². The number of amides is 2. The first-order chi connectivity index (χ1) is 9.82. The summed E-state index contributed by atoms with van der Waals surface area (Å²) in [5, 5.41) is 2.78. The highest BCUT2D eigenvalue weighted by atomic mass is 19.4. The minimum Gasteiger partial charge on any atom is -0.372 e. The van der Waals surface area contributed by atoms with Gasteiger partial charge in [0.1, 0.15) is 12.1 Å². The number of carbonyl (C=O) groups excluding carboxylic acids is 2. The summed E-state index contributed by atoms with van der Waals surface area (Å²) in [6.45, 7) is -1.16. The third-order valence-corrected chi connectivity index (χ3v) is 3.85. The summed E-state index contributed by atoms with van der Waals surface area (Å²) in [6.07, 6.45) is -0.986. The molecule has 2 aliphatic rings. The molecular formula is C13H19F3N2O3. The van der Waals surface area contributed by atoms with Gasteiger partial charge in [0.25, 0.3) is 0 Å². The molecule has 2 fully saturated rings. The maximum atomic E-state index is 12.4. The maximum absolute atomic E-state index is 12.4. The fourth-order valence-electron chi connectivity index (χ4n) is 2.95. The van der Waals surface area contributed by atoms with Crippen molar-refractivity contribution in [2.75, 3.05) is 26.3 Å². The zero-order chi connectivity index (χ0) is 15.5. The molecule has 120 valence electrons. The van der Waals surface area contributed by atoms with Gasteiger partial charge < -0.3 is 15.0 Å². The fourth-order valence-corrected chi connectivity index (χ4v) is 2.95. The average molecular weight is 308 g/mol. The van der Waals surface area contributed by atoms with Crippen LogP contribution in [0.15, 0.2) is 0 Å². The van der Waals surface area contributed by atoms with E-state index in [1.165, 1.54) is 4.90 Å². The molecular weight excluding hydrogens is 289 g/mol. The number of piperazine rings is 1. The first kappa shape index (κ1) is 16.1. The molecule has 1 saturated carbocycles. The lowest BCUT2D eigenvalue weighted by Crippen LogP contribution is -2.65. The lowest BCUT2D eigenvalue weighted by atomic mass is 9.93. The van der Waals surface area contributed by atoms with Gasteiger partial charge in [-0.05, 0) is 19.3 Å². The van der Waals surface area contributed by atoms with Crippen LogP contribution < -0.4 is 5.32 Å². The Kier molecular flexibility index (Phi) is 4.75. The summed E-state index contributed by atoms with van der Waals surface area (Å²) < 4.78 is 40.2. The van der Waals surface area contributed by atoms with Crippen LogP contribution >= 0.6 is 0 Å². The Morgan fingerprint density at radius 2 is 1.90 bits per heavy atom. The topological polar surface area (TPSA) is 58.6 Å². The summed E-state index contributed by atoms with van der Waals surface area (Å²) in [4.78, 5) is 25.6. The van der Waals surface area contributed by atoms with Gasteiger partial charge in [-0.2, -0.15) is 13.2 Å². The molecule has 21 heavy (non-hydrogen) atoms. The molecule has 0 radical (unpaired) electrons. The van der Waals surface area contributed by atoms with Crippen LogP contribution in [0.5, 0.6) is 0 Å². The molecule has 0 bridgehead atoms. The van der Waals surface area contributed by atoms with Crippen molar-refractivity contribution in [3.8, 4) is 0 Å². The Morgan fingerprint density at radius 1 is 1.24 bits per heavy atom. The van der Waals surface area contributed by atoms with Gasteiger partial charge in [-0.25, -0.2) is 0 Å². The van der Waals surface area contributed by atoms with Crippen LogP contribution in [0.4, 0.5) is 13.2 Å². The van der Waals surface area contributed by atoms with Gasteiger partial charge in [-0.15, -0.1) is 0 Å². The van der Waals surface area contributed by atoms with Gasteiger partial charge in [-0.1, -0.05) is 12.8 Å². The van der Waals surface area contributed by atoms with Crippen molar-refractivity contribution in [3.63, 3.8) is 0 Å². The first-order valence-corrected chi connectivity index (χ1v) is 7.07. The van der Waals surface area contributed by atoms with Crippen LogP contribution in [0.3, 0.4) is 0 Å². The maximum Gasteiger partial charge on any atom is 0.411 e. The Balaban J connectivity index is 1.79. The number of rotatable bonds is 5. The SMILES string of the molecule is O=C1CN(CCCOCC(F)(F)F)C(=O)C2(CCCC2)N1. The number of halogens is 3. The van der Waals surface area contributed by atoms with E-state index in [0.29, 0.717) is 12.8 Å². The molecule has 1 aliphatic heterocycles. The number of ether oxygens (including phenoxy) is 1. The molecule has 2 amide bonds. The van der Waals surface area contributed by atoms with Crippen molar-refractivity contribution in [1.29, 1.82) is 0 Å². The third kappa shape index (κ3) is 4.09. The quantitative estimate of drug-likeness (QED) is 0.777. The standard InChI is InChI=1S/C13H19F3N2O3/c14-13(15,16)9-21-7-3-6-18-8-10(19)17-12(11(18)20)4-1-2-5-12/h1-9H2,(H,17,19). The van der Waals surface area contributed by atoms with Crippen molar-refractivity contribution in [2.24, 2.45) is 0 Å². The van der Waals surface area contributed by atoms with Crippen molar-refractivity contribution in [1.82, 2.24) is 10.2 Å². The molecule has 0 aromatic heterocycles. The predicted molar refractivity (Wildman–Crippen MR) is 67.4 cm³/mol. The molecule has 0 aromatic rings. The highest BCUT2D eigenvalue weighted by Gasteiger charge is 2.47.